The topological polar surface area (TPSA) is 66.8 Å². The molecule has 0 aromatic heterocycles. The summed E-state index contributed by atoms with van der Waals surface area (Å²) in [7, 11) is 0. The molecule has 0 unspecified atom stereocenters. The third kappa shape index (κ3) is 4.01. The van der Waals surface area contributed by atoms with Crippen LogP contribution in [0, 0.1) is 5.82 Å². The number of hydrogen-bond acceptors (Lipinski definition) is 3. The minimum atomic E-state index is -0.951. The van der Waals surface area contributed by atoms with Gasteiger partial charge in [-0.2, -0.15) is 0 Å². The molecule has 5 nitrogen and oxygen atoms in total. The van der Waals surface area contributed by atoms with E-state index in [1.165, 1.54) is 12.1 Å². The van der Waals surface area contributed by atoms with E-state index in [9.17, 15) is 14.0 Å². The third-order valence-corrected chi connectivity index (χ3v) is 3.57. The van der Waals surface area contributed by atoms with Crippen molar-refractivity contribution in [1.82, 2.24) is 4.90 Å². The van der Waals surface area contributed by atoms with E-state index in [0.29, 0.717) is 18.7 Å². The number of carbonyl (C=O) groups is 2. The molecule has 1 aliphatic rings. The van der Waals surface area contributed by atoms with E-state index in [1.807, 2.05) is 0 Å². The Labute approximate surface area is 122 Å². The van der Waals surface area contributed by atoms with E-state index in [-0.39, 0.29) is 24.7 Å². The zero-order valence-electron chi connectivity index (χ0n) is 11.8. The molecule has 1 aromatic carbocycles. The first-order valence-electron chi connectivity index (χ1n) is 6.85. The summed E-state index contributed by atoms with van der Waals surface area (Å²) in [5.74, 6) is -1.94. The molecule has 2 atom stereocenters. The van der Waals surface area contributed by atoms with Gasteiger partial charge < -0.3 is 14.7 Å². The van der Waals surface area contributed by atoms with Crippen LogP contribution in [0.4, 0.5) is 4.39 Å². The largest absolute Gasteiger partial charge is 0.481 e. The van der Waals surface area contributed by atoms with Gasteiger partial charge in [0.05, 0.1) is 25.0 Å². The van der Waals surface area contributed by atoms with Crippen LogP contribution < -0.4 is 0 Å². The Morgan fingerprint density at radius 3 is 2.95 bits per heavy atom. The van der Waals surface area contributed by atoms with Crippen molar-refractivity contribution in [3.8, 4) is 0 Å². The van der Waals surface area contributed by atoms with Gasteiger partial charge >= 0.3 is 5.97 Å². The fourth-order valence-electron chi connectivity index (χ4n) is 2.43. The minimum Gasteiger partial charge on any atom is -0.481 e. The summed E-state index contributed by atoms with van der Waals surface area (Å²) in [6.45, 7) is 2.72. The first-order chi connectivity index (χ1) is 9.97. The number of carbonyl (C=O) groups excluding carboxylic acids is 1. The van der Waals surface area contributed by atoms with E-state index in [4.69, 9.17) is 9.84 Å². The Bertz CT molecular complexity index is 534. The van der Waals surface area contributed by atoms with Gasteiger partial charge in [-0.3, -0.25) is 9.59 Å². The van der Waals surface area contributed by atoms with Crippen molar-refractivity contribution in [2.75, 3.05) is 19.7 Å². The molecular formula is C15H18FNO4. The van der Waals surface area contributed by atoms with Gasteiger partial charge in [0, 0.05) is 13.1 Å². The van der Waals surface area contributed by atoms with Crippen LogP contribution in [-0.4, -0.2) is 47.7 Å². The molecule has 0 bridgehead atoms. The number of carboxylic acids is 1. The van der Waals surface area contributed by atoms with Gasteiger partial charge in [-0.25, -0.2) is 4.39 Å². The Hall–Kier alpha value is -1.95. The summed E-state index contributed by atoms with van der Waals surface area (Å²) in [5.41, 5.74) is 0.612. The predicted octanol–water partition coefficient (Wildman–Crippen LogP) is 1.63. The SMILES string of the molecule is C[C@@H](C(=O)N1CCO[C@@H](CC(=O)O)C1)c1cccc(F)c1. The molecule has 1 amide bonds. The molecule has 2 rings (SSSR count). The van der Waals surface area contributed by atoms with Crippen molar-refractivity contribution >= 4 is 11.9 Å². The number of hydrogen-bond donors (Lipinski definition) is 1. The Morgan fingerprint density at radius 1 is 1.52 bits per heavy atom. The highest BCUT2D eigenvalue weighted by atomic mass is 19.1. The molecule has 1 heterocycles. The highest BCUT2D eigenvalue weighted by Gasteiger charge is 2.29. The van der Waals surface area contributed by atoms with Crippen LogP contribution in [0.15, 0.2) is 24.3 Å². The Balaban J connectivity index is 2.03. The summed E-state index contributed by atoms with van der Waals surface area (Å²) < 4.78 is 18.6. The van der Waals surface area contributed by atoms with E-state index < -0.39 is 18.0 Å². The number of morpholine rings is 1. The van der Waals surface area contributed by atoms with Gasteiger partial charge in [0.2, 0.25) is 5.91 Å². The molecule has 1 aliphatic heterocycles. The first-order valence-corrected chi connectivity index (χ1v) is 6.85. The molecule has 1 aromatic rings. The number of benzene rings is 1. The molecule has 0 aliphatic carbocycles. The number of amides is 1. The molecule has 1 N–H and O–H groups in total. The van der Waals surface area contributed by atoms with Crippen LogP contribution >= 0.6 is 0 Å². The fraction of sp³-hybridized carbons (Fsp3) is 0.467. The number of halogens is 1. The molecular weight excluding hydrogens is 277 g/mol. The van der Waals surface area contributed by atoms with Crippen LogP contribution in [0.25, 0.3) is 0 Å². The number of rotatable bonds is 4. The van der Waals surface area contributed by atoms with Crippen molar-refractivity contribution in [3.05, 3.63) is 35.6 Å². The van der Waals surface area contributed by atoms with E-state index in [1.54, 1.807) is 24.0 Å². The van der Waals surface area contributed by atoms with Crippen LogP contribution in [0.1, 0.15) is 24.8 Å². The Morgan fingerprint density at radius 2 is 2.29 bits per heavy atom. The highest BCUT2D eigenvalue weighted by molar-refractivity contribution is 5.83. The molecule has 0 radical (unpaired) electrons. The van der Waals surface area contributed by atoms with Crippen LogP contribution in [-0.2, 0) is 14.3 Å². The summed E-state index contributed by atoms with van der Waals surface area (Å²) >= 11 is 0. The van der Waals surface area contributed by atoms with E-state index in [2.05, 4.69) is 0 Å². The molecule has 1 saturated heterocycles. The molecule has 0 spiro atoms. The smallest absolute Gasteiger partial charge is 0.306 e. The maximum Gasteiger partial charge on any atom is 0.306 e. The lowest BCUT2D eigenvalue weighted by Crippen LogP contribution is -2.47. The zero-order valence-corrected chi connectivity index (χ0v) is 11.8. The highest BCUT2D eigenvalue weighted by Crippen LogP contribution is 2.21. The maximum atomic E-state index is 13.2. The zero-order chi connectivity index (χ0) is 15.4. The van der Waals surface area contributed by atoms with Crippen molar-refractivity contribution in [2.24, 2.45) is 0 Å². The van der Waals surface area contributed by atoms with Crippen LogP contribution in [0.3, 0.4) is 0 Å². The predicted molar refractivity (Wildman–Crippen MR) is 73.4 cm³/mol. The quantitative estimate of drug-likeness (QED) is 0.917. The number of aliphatic carboxylic acids is 1. The molecule has 6 heteroatoms. The number of ether oxygens (including phenoxy) is 1. The summed E-state index contributed by atoms with van der Waals surface area (Å²) in [6.07, 6.45) is -0.613. The van der Waals surface area contributed by atoms with E-state index >= 15 is 0 Å². The monoisotopic (exact) mass is 295 g/mol. The van der Waals surface area contributed by atoms with Gasteiger partial charge in [0.25, 0.3) is 0 Å². The lowest BCUT2D eigenvalue weighted by molar-refractivity contribution is -0.148. The number of nitrogens with zero attached hydrogens (tertiary/aromatic N) is 1. The van der Waals surface area contributed by atoms with Crippen molar-refractivity contribution in [2.45, 2.75) is 25.4 Å². The molecule has 114 valence electrons. The maximum absolute atomic E-state index is 13.2. The second-order valence-corrected chi connectivity index (χ2v) is 5.15. The van der Waals surface area contributed by atoms with E-state index in [0.717, 1.165) is 0 Å². The second kappa shape index (κ2) is 6.67. The van der Waals surface area contributed by atoms with Gasteiger partial charge in [0.1, 0.15) is 5.82 Å². The van der Waals surface area contributed by atoms with Crippen molar-refractivity contribution < 1.29 is 23.8 Å². The average molecular weight is 295 g/mol. The minimum absolute atomic E-state index is 0.127. The summed E-state index contributed by atoms with van der Waals surface area (Å²) in [4.78, 5) is 24.7. The molecule has 0 saturated carbocycles. The lowest BCUT2D eigenvalue weighted by atomic mass is 9.99. The number of carboxylic acid groups (broad SMARTS) is 1. The van der Waals surface area contributed by atoms with Gasteiger partial charge in [-0.1, -0.05) is 12.1 Å². The first kappa shape index (κ1) is 15.4. The van der Waals surface area contributed by atoms with Crippen LogP contribution in [0.2, 0.25) is 0 Å². The normalized spacial score (nSPS) is 20.1. The summed E-state index contributed by atoms with van der Waals surface area (Å²) in [5, 5.41) is 8.78. The standard InChI is InChI=1S/C15H18FNO4/c1-10(11-3-2-4-12(16)7-11)15(20)17-5-6-21-13(9-17)8-14(18)19/h2-4,7,10,13H,5-6,8-9H2,1H3,(H,18,19)/t10-,13+/m1/s1. The summed E-state index contributed by atoms with van der Waals surface area (Å²) in [6, 6.07) is 5.96. The average Bonchev–Trinajstić information content (AvgIpc) is 2.45. The van der Waals surface area contributed by atoms with Crippen molar-refractivity contribution in [1.29, 1.82) is 0 Å². The van der Waals surface area contributed by atoms with Gasteiger partial charge in [0.15, 0.2) is 0 Å². The lowest BCUT2D eigenvalue weighted by Gasteiger charge is -2.34. The van der Waals surface area contributed by atoms with Crippen molar-refractivity contribution in [3.63, 3.8) is 0 Å². The second-order valence-electron chi connectivity index (χ2n) is 5.15. The Kier molecular flexibility index (Phi) is 4.90. The molecule has 1 fully saturated rings. The third-order valence-electron chi connectivity index (χ3n) is 3.57. The van der Waals surface area contributed by atoms with Crippen LogP contribution in [0.5, 0.6) is 0 Å². The van der Waals surface area contributed by atoms with Gasteiger partial charge in [-0.15, -0.1) is 0 Å². The van der Waals surface area contributed by atoms with Gasteiger partial charge in [-0.05, 0) is 24.6 Å². The molecule has 21 heavy (non-hydrogen) atoms. The fourth-order valence-corrected chi connectivity index (χ4v) is 2.43.